The third-order valence-corrected chi connectivity index (χ3v) is 2.92. The standard InChI is InChI=1S/C16H17FN2O/c1-19(11-13-6-3-2-4-7-13)12-16(20)18-15-9-5-8-14(17)10-15/h2-10H,11-12H2,1H3,(H,18,20)/p+1. The Balaban J connectivity index is 1.85. The van der Waals surface area contributed by atoms with E-state index in [9.17, 15) is 9.18 Å². The highest BCUT2D eigenvalue weighted by Gasteiger charge is 2.10. The average Bonchev–Trinajstić information content (AvgIpc) is 2.39. The minimum Gasteiger partial charge on any atom is -0.326 e. The van der Waals surface area contributed by atoms with E-state index < -0.39 is 0 Å². The van der Waals surface area contributed by atoms with E-state index in [2.05, 4.69) is 5.32 Å². The number of carbonyl (C=O) groups is 1. The highest BCUT2D eigenvalue weighted by molar-refractivity contribution is 5.91. The molecule has 0 saturated carbocycles. The molecule has 1 atom stereocenters. The minimum absolute atomic E-state index is 0.121. The summed E-state index contributed by atoms with van der Waals surface area (Å²) in [5.74, 6) is -0.475. The van der Waals surface area contributed by atoms with Crippen LogP contribution in [0.25, 0.3) is 0 Å². The van der Waals surface area contributed by atoms with Crippen molar-refractivity contribution >= 4 is 11.6 Å². The topological polar surface area (TPSA) is 33.5 Å². The SMILES string of the molecule is C[NH+](CC(=O)Nc1cccc(F)c1)Cc1ccccc1. The van der Waals surface area contributed by atoms with Crippen molar-refractivity contribution in [2.45, 2.75) is 6.54 Å². The van der Waals surface area contributed by atoms with Crippen molar-refractivity contribution in [3.63, 3.8) is 0 Å². The molecule has 104 valence electrons. The molecule has 0 saturated heterocycles. The average molecular weight is 273 g/mol. The van der Waals surface area contributed by atoms with E-state index in [1.807, 2.05) is 37.4 Å². The van der Waals surface area contributed by atoms with Gasteiger partial charge in [0.2, 0.25) is 0 Å². The van der Waals surface area contributed by atoms with Gasteiger partial charge in [-0.15, -0.1) is 0 Å². The summed E-state index contributed by atoms with van der Waals surface area (Å²) in [4.78, 5) is 12.9. The van der Waals surface area contributed by atoms with Crippen molar-refractivity contribution < 1.29 is 14.1 Å². The van der Waals surface area contributed by atoms with Crippen LogP contribution in [-0.4, -0.2) is 19.5 Å². The summed E-state index contributed by atoms with van der Waals surface area (Å²) in [6, 6.07) is 15.9. The summed E-state index contributed by atoms with van der Waals surface area (Å²) < 4.78 is 13.0. The maximum absolute atomic E-state index is 13.0. The van der Waals surface area contributed by atoms with Crippen molar-refractivity contribution in [2.24, 2.45) is 0 Å². The lowest BCUT2D eigenvalue weighted by Crippen LogP contribution is -3.08. The first-order chi connectivity index (χ1) is 9.63. The van der Waals surface area contributed by atoms with Gasteiger partial charge in [0.25, 0.3) is 5.91 Å². The molecular formula is C16H18FN2O+. The van der Waals surface area contributed by atoms with E-state index in [-0.39, 0.29) is 11.7 Å². The molecule has 2 rings (SSSR count). The molecule has 0 aliphatic rings. The van der Waals surface area contributed by atoms with Crippen LogP contribution in [0.1, 0.15) is 5.56 Å². The number of anilines is 1. The van der Waals surface area contributed by atoms with Gasteiger partial charge in [-0.3, -0.25) is 4.79 Å². The number of carbonyl (C=O) groups excluding carboxylic acids is 1. The van der Waals surface area contributed by atoms with E-state index in [1.54, 1.807) is 12.1 Å². The highest BCUT2D eigenvalue weighted by atomic mass is 19.1. The van der Waals surface area contributed by atoms with E-state index in [1.165, 1.54) is 17.7 Å². The second kappa shape index (κ2) is 6.82. The molecule has 3 nitrogen and oxygen atoms in total. The molecule has 0 aromatic heterocycles. The summed E-state index contributed by atoms with van der Waals surface area (Å²) in [7, 11) is 1.96. The molecule has 2 N–H and O–H groups in total. The number of rotatable bonds is 5. The molecule has 0 heterocycles. The van der Waals surface area contributed by atoms with Crippen molar-refractivity contribution in [3.8, 4) is 0 Å². The van der Waals surface area contributed by atoms with Gasteiger partial charge in [-0.2, -0.15) is 0 Å². The summed E-state index contributed by atoms with van der Waals surface area (Å²) in [6.07, 6.45) is 0. The molecule has 1 amide bonds. The summed E-state index contributed by atoms with van der Waals surface area (Å²) in [5.41, 5.74) is 1.67. The first-order valence-corrected chi connectivity index (χ1v) is 6.54. The Kier molecular flexibility index (Phi) is 4.85. The molecule has 20 heavy (non-hydrogen) atoms. The Labute approximate surface area is 118 Å². The Morgan fingerprint density at radius 1 is 1.15 bits per heavy atom. The Morgan fingerprint density at radius 2 is 1.90 bits per heavy atom. The van der Waals surface area contributed by atoms with E-state index in [4.69, 9.17) is 0 Å². The minimum atomic E-state index is -0.354. The zero-order valence-electron chi connectivity index (χ0n) is 11.4. The van der Waals surface area contributed by atoms with Crippen LogP contribution in [0, 0.1) is 5.82 Å². The summed E-state index contributed by atoms with van der Waals surface area (Å²) in [6.45, 7) is 1.11. The van der Waals surface area contributed by atoms with E-state index in [0.29, 0.717) is 12.2 Å². The van der Waals surface area contributed by atoms with Crippen molar-refractivity contribution in [3.05, 3.63) is 66.0 Å². The van der Waals surface area contributed by atoms with Gasteiger partial charge in [0.05, 0.1) is 7.05 Å². The predicted molar refractivity (Wildman–Crippen MR) is 76.9 cm³/mol. The quantitative estimate of drug-likeness (QED) is 0.850. The molecule has 0 bridgehead atoms. The molecule has 0 radical (unpaired) electrons. The maximum atomic E-state index is 13.0. The van der Waals surface area contributed by atoms with E-state index >= 15 is 0 Å². The molecule has 2 aromatic carbocycles. The summed E-state index contributed by atoms with van der Waals surface area (Å²) >= 11 is 0. The third-order valence-electron chi connectivity index (χ3n) is 2.92. The molecular weight excluding hydrogens is 255 g/mol. The van der Waals surface area contributed by atoms with Crippen LogP contribution < -0.4 is 10.2 Å². The number of halogens is 1. The molecule has 0 spiro atoms. The Morgan fingerprint density at radius 3 is 2.60 bits per heavy atom. The number of quaternary nitrogens is 1. The smallest absolute Gasteiger partial charge is 0.279 e. The molecule has 0 fully saturated rings. The third kappa shape index (κ3) is 4.48. The van der Waals surface area contributed by atoms with Crippen LogP contribution in [0.4, 0.5) is 10.1 Å². The second-order valence-electron chi connectivity index (χ2n) is 4.85. The first kappa shape index (κ1) is 14.2. The molecule has 2 aromatic rings. The van der Waals surface area contributed by atoms with Crippen LogP contribution in [0.2, 0.25) is 0 Å². The van der Waals surface area contributed by atoms with Gasteiger partial charge < -0.3 is 10.2 Å². The largest absolute Gasteiger partial charge is 0.326 e. The first-order valence-electron chi connectivity index (χ1n) is 6.54. The fraction of sp³-hybridized carbons (Fsp3) is 0.188. The molecule has 4 heteroatoms. The van der Waals surface area contributed by atoms with Crippen LogP contribution in [0.5, 0.6) is 0 Å². The van der Waals surface area contributed by atoms with Crippen molar-refractivity contribution in [2.75, 3.05) is 18.9 Å². The van der Waals surface area contributed by atoms with Crippen LogP contribution >= 0.6 is 0 Å². The van der Waals surface area contributed by atoms with Gasteiger partial charge in [0.15, 0.2) is 6.54 Å². The van der Waals surface area contributed by atoms with Gasteiger partial charge in [-0.05, 0) is 18.2 Å². The highest BCUT2D eigenvalue weighted by Crippen LogP contribution is 2.08. The lowest BCUT2D eigenvalue weighted by molar-refractivity contribution is -0.885. The van der Waals surface area contributed by atoms with Crippen LogP contribution in [0.15, 0.2) is 54.6 Å². The van der Waals surface area contributed by atoms with Crippen molar-refractivity contribution in [1.82, 2.24) is 0 Å². The number of amides is 1. The Hall–Kier alpha value is -2.20. The fourth-order valence-electron chi connectivity index (χ4n) is 2.05. The number of hydrogen-bond acceptors (Lipinski definition) is 1. The number of hydrogen-bond donors (Lipinski definition) is 2. The monoisotopic (exact) mass is 273 g/mol. The molecule has 0 aliphatic heterocycles. The number of likely N-dealkylation sites (N-methyl/N-ethyl adjacent to an activating group) is 1. The van der Waals surface area contributed by atoms with Gasteiger partial charge in [0.1, 0.15) is 12.4 Å². The number of benzene rings is 2. The zero-order chi connectivity index (χ0) is 14.4. The van der Waals surface area contributed by atoms with Gasteiger partial charge >= 0.3 is 0 Å². The maximum Gasteiger partial charge on any atom is 0.279 e. The lowest BCUT2D eigenvalue weighted by Gasteiger charge is -2.13. The molecule has 0 aliphatic carbocycles. The summed E-state index contributed by atoms with van der Waals surface area (Å²) in [5, 5.41) is 2.70. The van der Waals surface area contributed by atoms with Gasteiger partial charge in [-0.25, -0.2) is 4.39 Å². The number of nitrogens with one attached hydrogen (secondary N) is 2. The van der Waals surface area contributed by atoms with Gasteiger partial charge in [-0.1, -0.05) is 36.4 Å². The fourth-order valence-corrected chi connectivity index (χ4v) is 2.05. The second-order valence-corrected chi connectivity index (χ2v) is 4.85. The van der Waals surface area contributed by atoms with Crippen LogP contribution in [-0.2, 0) is 11.3 Å². The predicted octanol–water partition coefficient (Wildman–Crippen LogP) is 1.48. The zero-order valence-corrected chi connectivity index (χ0v) is 11.4. The normalized spacial score (nSPS) is 11.9. The Bertz CT molecular complexity index is 572. The van der Waals surface area contributed by atoms with Crippen molar-refractivity contribution in [1.29, 1.82) is 0 Å². The van der Waals surface area contributed by atoms with Gasteiger partial charge in [0, 0.05) is 11.3 Å². The van der Waals surface area contributed by atoms with E-state index in [0.717, 1.165) is 11.4 Å². The molecule has 1 unspecified atom stereocenters. The lowest BCUT2D eigenvalue weighted by atomic mass is 10.2. The van der Waals surface area contributed by atoms with Crippen LogP contribution in [0.3, 0.4) is 0 Å².